The number of aromatic nitrogens is 1. The monoisotopic (exact) mass is 308 g/mol. The summed E-state index contributed by atoms with van der Waals surface area (Å²) in [5, 5.41) is 13.6. The molecule has 2 unspecified atom stereocenters. The first-order valence-corrected chi connectivity index (χ1v) is 8.34. The van der Waals surface area contributed by atoms with E-state index in [2.05, 4.69) is 10.3 Å². The summed E-state index contributed by atoms with van der Waals surface area (Å²) in [6, 6.07) is 3.24. The van der Waals surface area contributed by atoms with Crippen molar-refractivity contribution in [1.29, 1.82) is 0 Å². The largest absolute Gasteiger partial charge is 0.385 e. The van der Waals surface area contributed by atoms with Crippen LogP contribution >= 0.6 is 0 Å². The van der Waals surface area contributed by atoms with Gasteiger partial charge in [0, 0.05) is 19.2 Å². The topological polar surface area (TPSA) is 54.4 Å². The van der Waals surface area contributed by atoms with Crippen LogP contribution in [0, 0.1) is 5.82 Å². The third-order valence-electron chi connectivity index (χ3n) is 4.95. The molecule has 2 heterocycles. The zero-order chi connectivity index (χ0) is 15.4. The van der Waals surface area contributed by atoms with Crippen LogP contribution in [0.1, 0.15) is 56.7 Å². The Kier molecular flexibility index (Phi) is 5.06. The van der Waals surface area contributed by atoms with Gasteiger partial charge in [-0.15, -0.1) is 0 Å². The number of nitrogens with zero attached hydrogens (tertiary/aromatic N) is 1. The van der Waals surface area contributed by atoms with Gasteiger partial charge < -0.3 is 15.2 Å². The summed E-state index contributed by atoms with van der Waals surface area (Å²) in [4.78, 5) is 3.94. The molecular weight excluding hydrogens is 283 g/mol. The van der Waals surface area contributed by atoms with E-state index < -0.39 is 6.10 Å². The normalized spacial score (nSPS) is 26.0. The van der Waals surface area contributed by atoms with Crippen LogP contribution in [0.25, 0.3) is 0 Å². The number of rotatable bonds is 4. The van der Waals surface area contributed by atoms with Crippen molar-refractivity contribution in [3.8, 4) is 0 Å². The minimum absolute atomic E-state index is 0.0627. The second-order valence-corrected chi connectivity index (χ2v) is 6.61. The van der Waals surface area contributed by atoms with Gasteiger partial charge in [-0.1, -0.05) is 19.3 Å². The summed E-state index contributed by atoms with van der Waals surface area (Å²) in [5.41, 5.74) is 0.570. The summed E-state index contributed by atoms with van der Waals surface area (Å²) in [6.45, 7) is 1.24. The Morgan fingerprint density at radius 2 is 2.18 bits per heavy atom. The SMILES string of the molecule is OC(CNC1CCOC2(CCCCC2)C1)c1ccc(F)cn1. The van der Waals surface area contributed by atoms with Crippen LogP contribution in [-0.4, -0.2) is 34.9 Å². The summed E-state index contributed by atoms with van der Waals surface area (Å²) in [6.07, 6.45) is 8.60. The number of aliphatic hydroxyl groups excluding tert-OH is 1. The summed E-state index contributed by atoms with van der Waals surface area (Å²) in [5.74, 6) is -0.382. The first kappa shape index (κ1) is 15.8. The molecule has 2 fully saturated rings. The van der Waals surface area contributed by atoms with Crippen molar-refractivity contribution in [1.82, 2.24) is 10.3 Å². The molecule has 0 aromatic carbocycles. The number of hydrogen-bond acceptors (Lipinski definition) is 4. The Morgan fingerprint density at radius 1 is 1.36 bits per heavy atom. The number of pyridine rings is 1. The summed E-state index contributed by atoms with van der Waals surface area (Å²) >= 11 is 0. The molecule has 2 aliphatic rings. The molecule has 1 aliphatic heterocycles. The molecule has 1 aromatic rings. The molecule has 1 saturated heterocycles. The standard InChI is InChI=1S/C17H25FN2O2/c18-13-4-5-15(20-11-13)16(21)12-19-14-6-9-22-17(10-14)7-2-1-3-8-17/h4-5,11,14,16,19,21H,1-3,6-10,12H2. The molecule has 1 spiro atoms. The zero-order valence-electron chi connectivity index (χ0n) is 12.9. The van der Waals surface area contributed by atoms with Gasteiger partial charge >= 0.3 is 0 Å². The van der Waals surface area contributed by atoms with Crippen LogP contribution in [0.2, 0.25) is 0 Å². The molecule has 22 heavy (non-hydrogen) atoms. The first-order chi connectivity index (χ1) is 10.7. The number of halogens is 1. The molecule has 1 aliphatic carbocycles. The van der Waals surface area contributed by atoms with Gasteiger partial charge in [-0.25, -0.2) is 4.39 Å². The molecule has 122 valence electrons. The van der Waals surface area contributed by atoms with Crippen molar-refractivity contribution in [2.75, 3.05) is 13.2 Å². The smallest absolute Gasteiger partial charge is 0.141 e. The van der Waals surface area contributed by atoms with Crippen molar-refractivity contribution in [3.05, 3.63) is 29.8 Å². The second-order valence-electron chi connectivity index (χ2n) is 6.61. The van der Waals surface area contributed by atoms with Gasteiger partial charge in [0.05, 0.1) is 17.5 Å². The van der Waals surface area contributed by atoms with Crippen molar-refractivity contribution >= 4 is 0 Å². The summed E-state index contributed by atoms with van der Waals surface area (Å²) in [7, 11) is 0. The molecular formula is C17H25FN2O2. The van der Waals surface area contributed by atoms with E-state index in [9.17, 15) is 9.50 Å². The van der Waals surface area contributed by atoms with E-state index in [1.54, 1.807) is 0 Å². The summed E-state index contributed by atoms with van der Waals surface area (Å²) < 4.78 is 18.9. The molecule has 5 heteroatoms. The van der Waals surface area contributed by atoms with Crippen LogP contribution in [0.3, 0.4) is 0 Å². The van der Waals surface area contributed by atoms with Crippen LogP contribution in [0.5, 0.6) is 0 Å². The molecule has 4 nitrogen and oxygen atoms in total. The lowest BCUT2D eigenvalue weighted by atomic mass is 9.78. The van der Waals surface area contributed by atoms with E-state index in [1.807, 2.05) is 0 Å². The fourth-order valence-electron chi connectivity index (χ4n) is 3.71. The second kappa shape index (κ2) is 7.02. The predicted molar refractivity (Wildman–Crippen MR) is 81.9 cm³/mol. The number of hydrogen-bond donors (Lipinski definition) is 2. The van der Waals surface area contributed by atoms with Gasteiger partial charge in [0.1, 0.15) is 11.9 Å². The highest BCUT2D eigenvalue weighted by Gasteiger charge is 2.38. The Balaban J connectivity index is 1.51. The van der Waals surface area contributed by atoms with Gasteiger partial charge in [-0.2, -0.15) is 0 Å². The highest BCUT2D eigenvalue weighted by Crippen LogP contribution is 2.38. The van der Waals surface area contributed by atoms with Crippen molar-refractivity contribution < 1.29 is 14.2 Å². The molecule has 1 saturated carbocycles. The number of aliphatic hydroxyl groups is 1. The lowest BCUT2D eigenvalue weighted by Crippen LogP contribution is -2.48. The minimum Gasteiger partial charge on any atom is -0.385 e. The maximum Gasteiger partial charge on any atom is 0.141 e. The minimum atomic E-state index is -0.703. The quantitative estimate of drug-likeness (QED) is 0.898. The molecule has 1 aromatic heterocycles. The van der Waals surface area contributed by atoms with Gasteiger partial charge in [-0.05, 0) is 37.8 Å². The fourth-order valence-corrected chi connectivity index (χ4v) is 3.71. The molecule has 0 amide bonds. The van der Waals surface area contributed by atoms with Crippen molar-refractivity contribution in [2.45, 2.75) is 62.7 Å². The fraction of sp³-hybridized carbons (Fsp3) is 0.706. The van der Waals surface area contributed by atoms with Crippen LogP contribution in [0.4, 0.5) is 4.39 Å². The Morgan fingerprint density at radius 3 is 2.91 bits per heavy atom. The van der Waals surface area contributed by atoms with Gasteiger partial charge in [0.25, 0.3) is 0 Å². The maximum atomic E-state index is 12.9. The first-order valence-electron chi connectivity index (χ1n) is 8.34. The predicted octanol–water partition coefficient (Wildman–Crippen LogP) is 2.73. The van der Waals surface area contributed by atoms with E-state index in [0.717, 1.165) is 38.5 Å². The van der Waals surface area contributed by atoms with E-state index in [-0.39, 0.29) is 11.4 Å². The van der Waals surface area contributed by atoms with Crippen LogP contribution < -0.4 is 5.32 Å². The highest BCUT2D eigenvalue weighted by molar-refractivity contribution is 5.08. The van der Waals surface area contributed by atoms with E-state index in [4.69, 9.17) is 4.74 Å². The molecule has 0 bridgehead atoms. The van der Waals surface area contributed by atoms with Gasteiger partial charge in [-0.3, -0.25) is 4.98 Å². The van der Waals surface area contributed by atoms with Crippen molar-refractivity contribution in [2.24, 2.45) is 0 Å². The average Bonchev–Trinajstić information content (AvgIpc) is 2.54. The van der Waals surface area contributed by atoms with E-state index in [0.29, 0.717) is 18.3 Å². The number of ether oxygens (including phenoxy) is 1. The maximum absolute atomic E-state index is 12.9. The Labute approximate surface area is 131 Å². The number of nitrogens with one attached hydrogen (secondary N) is 1. The third-order valence-corrected chi connectivity index (χ3v) is 4.95. The lowest BCUT2D eigenvalue weighted by molar-refractivity contribution is -0.109. The molecule has 2 atom stereocenters. The zero-order valence-corrected chi connectivity index (χ0v) is 12.9. The molecule has 2 N–H and O–H groups in total. The third kappa shape index (κ3) is 3.83. The lowest BCUT2D eigenvalue weighted by Gasteiger charge is -2.44. The van der Waals surface area contributed by atoms with Gasteiger partial charge in [0.15, 0.2) is 0 Å². The van der Waals surface area contributed by atoms with Crippen LogP contribution in [-0.2, 0) is 4.74 Å². The highest BCUT2D eigenvalue weighted by atomic mass is 19.1. The van der Waals surface area contributed by atoms with E-state index in [1.165, 1.54) is 31.4 Å². The van der Waals surface area contributed by atoms with E-state index >= 15 is 0 Å². The Bertz CT molecular complexity index is 469. The average molecular weight is 308 g/mol. The van der Waals surface area contributed by atoms with Crippen LogP contribution in [0.15, 0.2) is 18.3 Å². The van der Waals surface area contributed by atoms with Crippen molar-refractivity contribution in [3.63, 3.8) is 0 Å². The Hall–Kier alpha value is -1.04. The molecule has 0 radical (unpaired) electrons. The van der Waals surface area contributed by atoms with Gasteiger partial charge in [0.2, 0.25) is 0 Å². The molecule has 3 rings (SSSR count).